The molecule has 0 spiro atoms. The monoisotopic (exact) mass is 320 g/mol. The molecule has 0 fully saturated rings. The molecule has 6 nitrogen and oxygen atoms in total. The van der Waals surface area contributed by atoms with Crippen LogP contribution in [0.4, 0.5) is 5.13 Å². The van der Waals surface area contributed by atoms with Gasteiger partial charge in [0.05, 0.1) is 16.7 Å². The Kier molecular flexibility index (Phi) is 5.32. The summed E-state index contributed by atoms with van der Waals surface area (Å²) in [6.07, 6.45) is 3.35. The van der Waals surface area contributed by atoms with E-state index in [-0.39, 0.29) is 5.91 Å². The van der Waals surface area contributed by atoms with E-state index in [1.54, 1.807) is 43.7 Å². The first-order chi connectivity index (χ1) is 10.5. The average molecular weight is 320 g/mol. The van der Waals surface area contributed by atoms with Gasteiger partial charge >= 0.3 is 0 Å². The summed E-state index contributed by atoms with van der Waals surface area (Å²) in [5.41, 5.74) is 3.01. The molecule has 0 aromatic carbocycles. The number of nitrogens with zero attached hydrogens (tertiary/aromatic N) is 3. The van der Waals surface area contributed by atoms with Crippen molar-refractivity contribution in [2.24, 2.45) is 5.10 Å². The van der Waals surface area contributed by atoms with Gasteiger partial charge in [-0.05, 0) is 33.8 Å². The van der Waals surface area contributed by atoms with Gasteiger partial charge in [-0.2, -0.15) is 5.10 Å². The number of rotatable bonds is 6. The van der Waals surface area contributed by atoms with Crippen LogP contribution in [0.15, 0.2) is 21.8 Å². The van der Waals surface area contributed by atoms with Gasteiger partial charge in [0.15, 0.2) is 5.13 Å². The van der Waals surface area contributed by atoms with Gasteiger partial charge < -0.3 is 9.32 Å². The number of furan rings is 1. The van der Waals surface area contributed by atoms with Crippen LogP contribution in [-0.2, 0) is 0 Å². The van der Waals surface area contributed by atoms with Crippen LogP contribution in [-0.4, -0.2) is 30.2 Å². The molecule has 0 atom stereocenters. The van der Waals surface area contributed by atoms with Gasteiger partial charge in [-0.3, -0.25) is 4.79 Å². The van der Waals surface area contributed by atoms with Crippen LogP contribution in [0.2, 0.25) is 0 Å². The zero-order valence-corrected chi connectivity index (χ0v) is 14.0. The largest absolute Gasteiger partial charge is 0.466 e. The predicted octanol–water partition coefficient (Wildman–Crippen LogP) is 2.96. The van der Waals surface area contributed by atoms with Crippen LogP contribution in [0, 0.1) is 13.8 Å². The second-order valence-corrected chi connectivity index (χ2v) is 5.78. The molecule has 0 bridgehead atoms. The first-order valence-corrected chi connectivity index (χ1v) is 7.98. The first kappa shape index (κ1) is 16.2. The fourth-order valence-electron chi connectivity index (χ4n) is 2.05. The standard InChI is InChI=1S/C15H20N4O2S/c1-5-19(6-2)15-16-8-12(22-15)9-17-18-14(20)13-7-10(3)21-11(13)4/h7-9H,5-6H2,1-4H3,(H,18,20). The third-order valence-corrected chi connectivity index (χ3v) is 4.18. The molecule has 118 valence electrons. The molecule has 0 saturated heterocycles. The minimum Gasteiger partial charge on any atom is -0.466 e. The van der Waals surface area contributed by atoms with Crippen molar-refractivity contribution in [3.63, 3.8) is 0 Å². The molecule has 2 aromatic rings. The van der Waals surface area contributed by atoms with E-state index in [4.69, 9.17) is 4.42 Å². The molecule has 0 radical (unpaired) electrons. The van der Waals surface area contributed by atoms with E-state index in [9.17, 15) is 4.79 Å². The summed E-state index contributed by atoms with van der Waals surface area (Å²) in [6, 6.07) is 1.70. The molecule has 2 heterocycles. The van der Waals surface area contributed by atoms with Crippen LogP contribution in [0.1, 0.15) is 40.6 Å². The molecule has 1 amide bonds. The summed E-state index contributed by atoms with van der Waals surface area (Å²) >= 11 is 1.54. The summed E-state index contributed by atoms with van der Waals surface area (Å²) in [4.78, 5) is 19.4. The van der Waals surface area contributed by atoms with Crippen LogP contribution in [0.3, 0.4) is 0 Å². The van der Waals surface area contributed by atoms with E-state index in [1.165, 1.54) is 0 Å². The van der Waals surface area contributed by atoms with Gasteiger partial charge in [-0.15, -0.1) is 0 Å². The second kappa shape index (κ2) is 7.22. The molecule has 0 unspecified atom stereocenters. The Morgan fingerprint density at radius 1 is 1.45 bits per heavy atom. The number of nitrogens with one attached hydrogen (secondary N) is 1. The van der Waals surface area contributed by atoms with Crippen LogP contribution in [0.25, 0.3) is 0 Å². The van der Waals surface area contributed by atoms with E-state index in [1.807, 2.05) is 0 Å². The predicted molar refractivity (Wildman–Crippen MR) is 88.9 cm³/mol. The smallest absolute Gasteiger partial charge is 0.274 e. The Bertz CT molecular complexity index is 671. The van der Waals surface area contributed by atoms with E-state index >= 15 is 0 Å². The topological polar surface area (TPSA) is 70.7 Å². The Balaban J connectivity index is 1.98. The van der Waals surface area contributed by atoms with Crippen molar-refractivity contribution in [1.29, 1.82) is 0 Å². The number of carbonyl (C=O) groups excluding carboxylic acids is 1. The lowest BCUT2D eigenvalue weighted by Crippen LogP contribution is -2.21. The number of carbonyl (C=O) groups is 1. The highest BCUT2D eigenvalue weighted by Gasteiger charge is 2.12. The molecule has 0 aliphatic rings. The first-order valence-electron chi connectivity index (χ1n) is 7.16. The lowest BCUT2D eigenvalue weighted by atomic mass is 10.2. The Morgan fingerprint density at radius 2 is 2.18 bits per heavy atom. The highest BCUT2D eigenvalue weighted by molar-refractivity contribution is 7.17. The summed E-state index contributed by atoms with van der Waals surface area (Å²) in [7, 11) is 0. The molecule has 7 heteroatoms. The fraction of sp³-hybridized carbons (Fsp3) is 0.400. The maximum atomic E-state index is 12.0. The Morgan fingerprint density at radius 3 is 2.77 bits per heavy atom. The number of hydrogen-bond donors (Lipinski definition) is 1. The average Bonchev–Trinajstić information content (AvgIpc) is 3.07. The minimum atomic E-state index is -0.279. The quantitative estimate of drug-likeness (QED) is 0.656. The van der Waals surface area contributed by atoms with E-state index < -0.39 is 0 Å². The number of thiazole rings is 1. The lowest BCUT2D eigenvalue weighted by molar-refractivity contribution is 0.0953. The number of hydrazone groups is 1. The fourth-order valence-corrected chi connectivity index (χ4v) is 2.96. The number of aryl methyl sites for hydroxylation is 2. The van der Waals surface area contributed by atoms with Gasteiger partial charge in [-0.25, -0.2) is 10.4 Å². The van der Waals surface area contributed by atoms with Crippen molar-refractivity contribution in [3.8, 4) is 0 Å². The maximum absolute atomic E-state index is 12.0. The zero-order chi connectivity index (χ0) is 16.1. The molecule has 0 saturated carbocycles. The molecule has 1 N–H and O–H groups in total. The van der Waals surface area contributed by atoms with E-state index in [2.05, 4.69) is 34.3 Å². The zero-order valence-electron chi connectivity index (χ0n) is 13.2. The number of hydrogen-bond acceptors (Lipinski definition) is 6. The van der Waals surface area contributed by atoms with Crippen molar-refractivity contribution in [3.05, 3.63) is 34.2 Å². The molecule has 2 rings (SSSR count). The summed E-state index contributed by atoms with van der Waals surface area (Å²) in [5, 5.41) is 4.94. The van der Waals surface area contributed by atoms with Crippen molar-refractivity contribution in [1.82, 2.24) is 10.4 Å². The lowest BCUT2D eigenvalue weighted by Gasteiger charge is -2.16. The van der Waals surface area contributed by atoms with Crippen LogP contribution < -0.4 is 10.3 Å². The molecule has 0 aliphatic carbocycles. The van der Waals surface area contributed by atoms with Gasteiger partial charge in [0.25, 0.3) is 5.91 Å². The maximum Gasteiger partial charge on any atom is 0.274 e. The Hall–Kier alpha value is -2.15. The number of anilines is 1. The molecular formula is C15H20N4O2S. The molecule has 22 heavy (non-hydrogen) atoms. The van der Waals surface area contributed by atoms with Crippen LogP contribution in [0.5, 0.6) is 0 Å². The van der Waals surface area contributed by atoms with Gasteiger partial charge in [0.1, 0.15) is 11.5 Å². The summed E-state index contributed by atoms with van der Waals surface area (Å²) < 4.78 is 5.33. The summed E-state index contributed by atoms with van der Waals surface area (Å²) in [5.74, 6) is 1.02. The third kappa shape index (κ3) is 3.73. The van der Waals surface area contributed by atoms with Crippen molar-refractivity contribution < 1.29 is 9.21 Å². The number of amides is 1. The van der Waals surface area contributed by atoms with Gasteiger partial charge in [0.2, 0.25) is 0 Å². The second-order valence-electron chi connectivity index (χ2n) is 4.74. The third-order valence-electron chi connectivity index (χ3n) is 3.19. The minimum absolute atomic E-state index is 0.279. The number of aromatic nitrogens is 1. The molecule has 0 aliphatic heterocycles. The summed E-state index contributed by atoms with van der Waals surface area (Å²) in [6.45, 7) is 9.57. The normalized spacial score (nSPS) is 11.1. The van der Waals surface area contributed by atoms with Crippen molar-refractivity contribution >= 4 is 28.6 Å². The molecule has 2 aromatic heterocycles. The van der Waals surface area contributed by atoms with Gasteiger partial charge in [-0.1, -0.05) is 11.3 Å². The SMILES string of the molecule is CCN(CC)c1ncc(C=NNC(=O)c2cc(C)oc2C)s1. The Labute approximate surface area is 133 Å². The highest BCUT2D eigenvalue weighted by Crippen LogP contribution is 2.20. The van der Waals surface area contributed by atoms with Gasteiger partial charge in [0, 0.05) is 19.3 Å². The molecular weight excluding hydrogens is 300 g/mol. The van der Waals surface area contributed by atoms with E-state index in [0.29, 0.717) is 17.1 Å². The van der Waals surface area contributed by atoms with Crippen LogP contribution >= 0.6 is 11.3 Å². The highest BCUT2D eigenvalue weighted by atomic mass is 32.1. The van der Waals surface area contributed by atoms with E-state index in [0.717, 1.165) is 23.1 Å². The van der Waals surface area contributed by atoms with Crippen molar-refractivity contribution in [2.45, 2.75) is 27.7 Å². The van der Waals surface area contributed by atoms with Crippen molar-refractivity contribution in [2.75, 3.05) is 18.0 Å².